The maximum absolute atomic E-state index is 12.1. The molecule has 0 aromatic heterocycles. The second-order valence-corrected chi connectivity index (χ2v) is 12.2. The smallest absolute Gasteiger partial charge is 0.249 e. The fraction of sp³-hybridized carbons (Fsp3) is 0.297. The van der Waals surface area contributed by atoms with Crippen molar-refractivity contribution in [3.63, 3.8) is 0 Å². The number of hydrogen-bond acceptors (Lipinski definition) is 7. The number of aromatic hydroxyl groups is 1. The van der Waals surface area contributed by atoms with Crippen molar-refractivity contribution < 1.29 is 19.4 Å². The van der Waals surface area contributed by atoms with Gasteiger partial charge in [-0.05, 0) is 53.4 Å². The van der Waals surface area contributed by atoms with Gasteiger partial charge >= 0.3 is 0 Å². The second-order valence-electron chi connectivity index (χ2n) is 12.2. The molecule has 0 bridgehead atoms. The molecule has 0 saturated carbocycles. The van der Waals surface area contributed by atoms with E-state index in [4.69, 9.17) is 4.74 Å². The van der Waals surface area contributed by atoms with Crippen LogP contribution in [0.4, 0.5) is 11.4 Å². The van der Waals surface area contributed by atoms with E-state index in [1.54, 1.807) is 12.1 Å². The highest BCUT2D eigenvalue weighted by Crippen LogP contribution is 2.47. The number of carbonyl (C=O) groups excluding carboxylic acids is 2. The van der Waals surface area contributed by atoms with E-state index >= 15 is 0 Å². The predicted molar refractivity (Wildman–Crippen MR) is 175 cm³/mol. The molecule has 1 unspecified atom stereocenters. The van der Waals surface area contributed by atoms with Crippen LogP contribution in [0.1, 0.15) is 46.9 Å². The SMILES string of the molecule is O=C1CCC(Nc2ccc(CN3CCN(c4ccc([C@@H]5c6ccc(O)cc6OC[C@@H]5c5ccccc5)cc4)CC3)cc2)C(=O)N1. The van der Waals surface area contributed by atoms with Gasteiger partial charge in [0.25, 0.3) is 0 Å². The molecule has 8 heteroatoms. The molecular formula is C37H38N4O4. The van der Waals surface area contributed by atoms with Gasteiger partial charge in [-0.3, -0.25) is 19.8 Å². The van der Waals surface area contributed by atoms with Crippen LogP contribution in [0.5, 0.6) is 11.5 Å². The van der Waals surface area contributed by atoms with Crippen LogP contribution in [0.15, 0.2) is 97.1 Å². The van der Waals surface area contributed by atoms with Crippen molar-refractivity contribution >= 4 is 23.2 Å². The summed E-state index contributed by atoms with van der Waals surface area (Å²) >= 11 is 0. The number of phenolic OH excluding ortho intramolecular Hbond substituents is 1. The first-order valence-electron chi connectivity index (χ1n) is 15.8. The van der Waals surface area contributed by atoms with E-state index in [-0.39, 0.29) is 35.4 Å². The number of ether oxygens (including phenoxy) is 1. The number of amides is 2. The van der Waals surface area contributed by atoms with Crippen molar-refractivity contribution in [3.8, 4) is 11.5 Å². The Labute approximate surface area is 263 Å². The number of benzene rings is 4. The fourth-order valence-electron chi connectivity index (χ4n) is 6.85. The maximum atomic E-state index is 12.1. The third kappa shape index (κ3) is 6.37. The van der Waals surface area contributed by atoms with E-state index < -0.39 is 0 Å². The number of nitrogens with one attached hydrogen (secondary N) is 2. The van der Waals surface area contributed by atoms with Crippen LogP contribution in [0, 0.1) is 0 Å². The van der Waals surface area contributed by atoms with Crippen LogP contribution in [0.2, 0.25) is 0 Å². The minimum atomic E-state index is -0.372. The number of anilines is 2. The summed E-state index contributed by atoms with van der Waals surface area (Å²) in [5.74, 6) is 0.834. The van der Waals surface area contributed by atoms with E-state index in [0.29, 0.717) is 19.4 Å². The molecule has 0 spiro atoms. The minimum absolute atomic E-state index is 0.133. The summed E-state index contributed by atoms with van der Waals surface area (Å²) in [5.41, 5.74) is 6.96. The molecule has 3 aliphatic heterocycles. The average molecular weight is 603 g/mol. The van der Waals surface area contributed by atoms with Crippen molar-refractivity contribution in [1.29, 1.82) is 0 Å². The molecule has 4 aromatic rings. The summed E-state index contributed by atoms with van der Waals surface area (Å²) in [5, 5.41) is 15.7. The summed E-state index contributed by atoms with van der Waals surface area (Å²) in [7, 11) is 0. The molecule has 3 N–H and O–H groups in total. The number of carbonyl (C=O) groups is 2. The molecule has 7 rings (SSSR count). The number of hydrogen-bond donors (Lipinski definition) is 3. The molecule has 3 aliphatic rings. The van der Waals surface area contributed by atoms with Crippen molar-refractivity contribution in [3.05, 3.63) is 119 Å². The van der Waals surface area contributed by atoms with Gasteiger partial charge in [0.2, 0.25) is 11.8 Å². The van der Waals surface area contributed by atoms with Gasteiger partial charge in [-0.25, -0.2) is 0 Å². The van der Waals surface area contributed by atoms with Crippen molar-refractivity contribution in [2.75, 3.05) is 43.0 Å². The first-order valence-corrected chi connectivity index (χ1v) is 15.8. The molecule has 4 aromatic carbocycles. The lowest BCUT2D eigenvalue weighted by Crippen LogP contribution is -2.47. The number of phenols is 1. The minimum Gasteiger partial charge on any atom is -0.508 e. The quantitative estimate of drug-likeness (QED) is 0.249. The number of rotatable bonds is 7. The molecule has 2 amide bonds. The highest BCUT2D eigenvalue weighted by Gasteiger charge is 2.34. The van der Waals surface area contributed by atoms with Gasteiger partial charge in [-0.15, -0.1) is 0 Å². The molecule has 0 radical (unpaired) electrons. The molecule has 230 valence electrons. The Morgan fingerprint density at radius 2 is 1.60 bits per heavy atom. The number of piperazine rings is 1. The molecule has 3 heterocycles. The highest BCUT2D eigenvalue weighted by atomic mass is 16.5. The zero-order chi connectivity index (χ0) is 30.8. The van der Waals surface area contributed by atoms with Crippen LogP contribution in [-0.4, -0.2) is 60.6 Å². The van der Waals surface area contributed by atoms with E-state index in [9.17, 15) is 14.7 Å². The Hall–Kier alpha value is -4.82. The molecule has 45 heavy (non-hydrogen) atoms. The predicted octanol–water partition coefficient (Wildman–Crippen LogP) is 5.24. The summed E-state index contributed by atoms with van der Waals surface area (Å²) in [6.45, 7) is 5.32. The average Bonchev–Trinajstić information content (AvgIpc) is 3.07. The third-order valence-corrected chi connectivity index (χ3v) is 9.31. The first-order chi connectivity index (χ1) is 22.0. The number of piperidine rings is 1. The van der Waals surface area contributed by atoms with Crippen molar-refractivity contribution in [2.24, 2.45) is 0 Å². The number of fused-ring (bicyclic) bond motifs is 1. The van der Waals surface area contributed by atoms with Crippen LogP contribution in [0.25, 0.3) is 0 Å². The number of nitrogens with zero attached hydrogens (tertiary/aromatic N) is 2. The lowest BCUT2D eigenvalue weighted by Gasteiger charge is -2.37. The Morgan fingerprint density at radius 1 is 0.844 bits per heavy atom. The monoisotopic (exact) mass is 602 g/mol. The van der Waals surface area contributed by atoms with E-state index in [1.165, 1.54) is 22.4 Å². The number of imide groups is 1. The molecule has 0 aliphatic carbocycles. The molecule has 2 saturated heterocycles. The molecule has 8 nitrogen and oxygen atoms in total. The van der Waals surface area contributed by atoms with Crippen LogP contribution >= 0.6 is 0 Å². The van der Waals surface area contributed by atoms with Crippen LogP contribution in [-0.2, 0) is 16.1 Å². The Kier molecular flexibility index (Phi) is 8.13. The van der Waals surface area contributed by atoms with Crippen LogP contribution < -0.4 is 20.3 Å². The van der Waals surface area contributed by atoms with E-state index in [2.05, 4.69) is 81.1 Å². The second kappa shape index (κ2) is 12.7. The van der Waals surface area contributed by atoms with Crippen LogP contribution in [0.3, 0.4) is 0 Å². The fourth-order valence-corrected chi connectivity index (χ4v) is 6.85. The van der Waals surface area contributed by atoms with Gasteiger partial charge in [-0.1, -0.05) is 60.7 Å². The molecule has 3 atom stereocenters. The zero-order valence-electron chi connectivity index (χ0n) is 25.2. The largest absolute Gasteiger partial charge is 0.508 e. The lowest BCUT2D eigenvalue weighted by molar-refractivity contribution is -0.133. The Balaban J connectivity index is 0.977. The summed E-state index contributed by atoms with van der Waals surface area (Å²) in [6, 6.07) is 32.9. The summed E-state index contributed by atoms with van der Waals surface area (Å²) in [6.07, 6.45) is 0.880. The Bertz CT molecular complexity index is 1650. The van der Waals surface area contributed by atoms with Gasteiger partial charge in [0.1, 0.15) is 17.5 Å². The van der Waals surface area contributed by atoms with Gasteiger partial charge in [0.15, 0.2) is 0 Å². The third-order valence-electron chi connectivity index (χ3n) is 9.31. The topological polar surface area (TPSA) is 94.1 Å². The zero-order valence-corrected chi connectivity index (χ0v) is 25.2. The summed E-state index contributed by atoms with van der Waals surface area (Å²) in [4.78, 5) is 28.4. The molecule has 2 fully saturated rings. The highest BCUT2D eigenvalue weighted by molar-refractivity contribution is 6.01. The van der Waals surface area contributed by atoms with Crippen molar-refractivity contribution in [2.45, 2.75) is 37.3 Å². The Morgan fingerprint density at radius 3 is 2.33 bits per heavy atom. The maximum Gasteiger partial charge on any atom is 0.249 e. The van der Waals surface area contributed by atoms with Gasteiger partial charge in [0, 0.05) is 74.0 Å². The standard InChI is InChI=1S/C37H38N4O4/c42-30-14-15-31-34(22-30)45-24-32(26-4-2-1-3-5-26)36(31)27-8-12-29(13-9-27)41-20-18-40(19-21-41)23-25-6-10-28(11-7-25)38-33-16-17-35(43)39-37(33)44/h1-15,22,32-33,36,38,42H,16-21,23-24H2,(H,39,43,44)/t32-,33?,36-/m1/s1. The van der Waals surface area contributed by atoms with Gasteiger partial charge in [0.05, 0.1) is 6.61 Å². The van der Waals surface area contributed by atoms with Crippen molar-refractivity contribution in [1.82, 2.24) is 10.2 Å². The van der Waals surface area contributed by atoms with E-state index in [0.717, 1.165) is 49.7 Å². The van der Waals surface area contributed by atoms with Gasteiger partial charge in [-0.2, -0.15) is 0 Å². The van der Waals surface area contributed by atoms with Gasteiger partial charge < -0.3 is 20.1 Å². The lowest BCUT2D eigenvalue weighted by atomic mass is 9.76. The summed E-state index contributed by atoms with van der Waals surface area (Å²) < 4.78 is 6.14. The normalized spacial score (nSPS) is 21.9. The van der Waals surface area contributed by atoms with E-state index in [1.807, 2.05) is 24.3 Å². The first kappa shape index (κ1) is 28.9. The molecular weight excluding hydrogens is 564 g/mol.